The van der Waals surface area contributed by atoms with Gasteiger partial charge in [-0.2, -0.15) is 0 Å². The van der Waals surface area contributed by atoms with Crippen LogP contribution < -0.4 is 9.80 Å². The fourth-order valence-electron chi connectivity index (χ4n) is 7.05. The number of halogens is 1. The summed E-state index contributed by atoms with van der Waals surface area (Å²) in [6, 6.07) is 30.4. The van der Waals surface area contributed by atoms with Crippen molar-refractivity contribution in [2.24, 2.45) is 5.92 Å². The first-order valence-corrected chi connectivity index (χ1v) is 17.2. The van der Waals surface area contributed by atoms with E-state index in [-0.39, 0.29) is 25.0 Å². The van der Waals surface area contributed by atoms with Crippen molar-refractivity contribution in [3.63, 3.8) is 0 Å². The Labute approximate surface area is 296 Å². The van der Waals surface area contributed by atoms with Gasteiger partial charge in [0.1, 0.15) is 0 Å². The molecule has 4 aromatic carbocycles. The second-order valence-electron chi connectivity index (χ2n) is 12.9. The lowest BCUT2D eigenvalue weighted by Gasteiger charge is -2.30. The van der Waals surface area contributed by atoms with Crippen molar-refractivity contribution in [2.45, 2.75) is 50.8 Å². The first-order chi connectivity index (χ1) is 24.3. The number of allylic oxidation sites excluding steroid dienone is 1. The van der Waals surface area contributed by atoms with Gasteiger partial charge in [-0.15, -0.1) is 5.10 Å². The SMILES string of the molecule is C[C@@H](/C=C/CCn1cc(C(CO)c2ccccc2)nn1)[C@]1(O)C(=O)N(Cc2cccc(N3C(=O)CCc4ccccc43)c2)c2ccc(Cl)cc21. The van der Waals surface area contributed by atoms with Crippen LogP contribution in [-0.4, -0.2) is 43.6 Å². The Kier molecular flexibility index (Phi) is 9.38. The van der Waals surface area contributed by atoms with E-state index < -0.39 is 17.4 Å². The summed E-state index contributed by atoms with van der Waals surface area (Å²) in [6.07, 6.45) is 7.34. The number of carbonyl (C=O) groups is 2. The number of rotatable bonds is 11. The number of aliphatic hydroxyl groups excluding tert-OH is 1. The van der Waals surface area contributed by atoms with Crippen LogP contribution in [0.3, 0.4) is 0 Å². The third-order valence-electron chi connectivity index (χ3n) is 9.74. The highest BCUT2D eigenvalue weighted by molar-refractivity contribution is 6.31. The van der Waals surface area contributed by atoms with Gasteiger partial charge in [-0.1, -0.05) is 96.6 Å². The van der Waals surface area contributed by atoms with Crippen molar-refractivity contribution >= 4 is 40.5 Å². The Hall–Kier alpha value is -5.09. The van der Waals surface area contributed by atoms with Crippen LogP contribution in [0.15, 0.2) is 115 Å². The van der Waals surface area contributed by atoms with Crippen LogP contribution in [0.5, 0.6) is 0 Å². The molecule has 10 heteroatoms. The molecule has 254 valence electrons. The molecule has 2 aliphatic rings. The van der Waals surface area contributed by atoms with Crippen molar-refractivity contribution < 1.29 is 19.8 Å². The highest BCUT2D eigenvalue weighted by atomic mass is 35.5. The van der Waals surface area contributed by atoms with Gasteiger partial charge in [0.2, 0.25) is 5.91 Å². The molecule has 1 unspecified atom stereocenters. The summed E-state index contributed by atoms with van der Waals surface area (Å²) >= 11 is 6.41. The van der Waals surface area contributed by atoms with Gasteiger partial charge >= 0.3 is 0 Å². The third kappa shape index (κ3) is 6.24. The predicted octanol–water partition coefficient (Wildman–Crippen LogP) is 6.68. The van der Waals surface area contributed by atoms with E-state index in [4.69, 9.17) is 11.6 Å². The largest absolute Gasteiger partial charge is 0.395 e. The monoisotopic (exact) mass is 687 g/mol. The maximum Gasteiger partial charge on any atom is 0.264 e. The molecule has 1 aromatic heterocycles. The number of amides is 2. The van der Waals surface area contributed by atoms with Gasteiger partial charge in [0.15, 0.2) is 5.60 Å². The van der Waals surface area contributed by atoms with Crippen molar-refractivity contribution in [3.8, 4) is 0 Å². The molecule has 0 fully saturated rings. The Morgan fingerprint density at radius 3 is 2.56 bits per heavy atom. The highest BCUT2D eigenvalue weighted by Crippen LogP contribution is 2.47. The normalized spacial score (nSPS) is 18.4. The average molecular weight is 688 g/mol. The van der Waals surface area contributed by atoms with Gasteiger partial charge in [0, 0.05) is 41.4 Å². The standard InChI is InChI=1S/C40H38ClN5O4/c1-27(10-7-8-21-44-25-35(42-43-44)33(26-47)29-12-3-2-4-13-29)40(50)34-23-31(41)18-19-37(34)45(39(40)49)24-28-11-9-15-32(22-28)46-36-16-6-5-14-30(36)17-20-38(46)48/h2-7,9-16,18-19,22-23,25,27,33,47,50H,8,17,20-21,24,26H2,1H3/b10-7+/t27-,33?,40+/m0/s1. The Balaban J connectivity index is 1.07. The van der Waals surface area contributed by atoms with Gasteiger partial charge in [-0.25, -0.2) is 0 Å². The summed E-state index contributed by atoms with van der Waals surface area (Å²) in [4.78, 5) is 30.6. The van der Waals surface area contributed by atoms with E-state index in [0.29, 0.717) is 47.8 Å². The van der Waals surface area contributed by atoms with Gasteiger partial charge < -0.3 is 15.1 Å². The quantitative estimate of drug-likeness (QED) is 0.150. The van der Waals surface area contributed by atoms with E-state index in [1.807, 2.05) is 104 Å². The molecule has 0 radical (unpaired) electrons. The summed E-state index contributed by atoms with van der Waals surface area (Å²) in [7, 11) is 0. The fourth-order valence-corrected chi connectivity index (χ4v) is 7.22. The summed E-state index contributed by atoms with van der Waals surface area (Å²) < 4.78 is 1.73. The van der Waals surface area contributed by atoms with E-state index in [1.165, 1.54) is 0 Å². The number of hydrogen-bond donors (Lipinski definition) is 2. The summed E-state index contributed by atoms with van der Waals surface area (Å²) in [5.41, 5.74) is 4.43. The predicted molar refractivity (Wildman–Crippen MR) is 193 cm³/mol. The minimum atomic E-state index is -1.83. The number of fused-ring (bicyclic) bond motifs is 2. The Morgan fingerprint density at radius 1 is 0.940 bits per heavy atom. The molecule has 2 N–H and O–H groups in total. The molecule has 3 heterocycles. The summed E-state index contributed by atoms with van der Waals surface area (Å²) in [6.45, 7) is 2.48. The van der Waals surface area contributed by atoms with E-state index in [0.717, 1.165) is 28.1 Å². The van der Waals surface area contributed by atoms with Crippen molar-refractivity contribution in [1.29, 1.82) is 0 Å². The molecule has 0 saturated heterocycles. The average Bonchev–Trinajstić information content (AvgIpc) is 3.68. The fraction of sp³-hybridized carbons (Fsp3) is 0.250. The third-order valence-corrected chi connectivity index (χ3v) is 9.97. The number of aliphatic hydroxyl groups is 2. The van der Waals surface area contributed by atoms with Crippen molar-refractivity contribution in [3.05, 3.63) is 148 Å². The van der Waals surface area contributed by atoms with Crippen LogP contribution in [0.2, 0.25) is 5.02 Å². The molecule has 0 aliphatic carbocycles. The smallest absolute Gasteiger partial charge is 0.264 e. The molecule has 9 nitrogen and oxygen atoms in total. The zero-order valence-corrected chi connectivity index (χ0v) is 28.4. The molecule has 50 heavy (non-hydrogen) atoms. The number of nitrogens with zero attached hydrogens (tertiary/aromatic N) is 5. The molecule has 2 amide bonds. The molecule has 0 saturated carbocycles. The van der Waals surface area contributed by atoms with Gasteiger partial charge in [-0.3, -0.25) is 19.2 Å². The van der Waals surface area contributed by atoms with E-state index in [9.17, 15) is 19.8 Å². The molecule has 2 aliphatic heterocycles. The number of carbonyl (C=O) groups excluding carboxylic acids is 2. The van der Waals surface area contributed by atoms with Gasteiger partial charge in [0.25, 0.3) is 5.91 Å². The molecule has 7 rings (SSSR count). The van der Waals surface area contributed by atoms with Crippen LogP contribution in [-0.2, 0) is 34.7 Å². The first kappa shape index (κ1) is 33.4. The van der Waals surface area contributed by atoms with E-state index in [1.54, 1.807) is 32.7 Å². The Morgan fingerprint density at radius 2 is 1.74 bits per heavy atom. The molecule has 5 aromatic rings. The number of aromatic nitrogens is 3. The number of para-hydroxylation sites is 1. The summed E-state index contributed by atoms with van der Waals surface area (Å²) in [5, 5.41) is 31.1. The van der Waals surface area contributed by atoms with Crippen LogP contribution >= 0.6 is 11.6 Å². The first-order valence-electron chi connectivity index (χ1n) is 16.8. The molecular weight excluding hydrogens is 650 g/mol. The van der Waals surface area contributed by atoms with Gasteiger partial charge in [-0.05, 0) is 65.9 Å². The van der Waals surface area contributed by atoms with Gasteiger partial charge in [0.05, 0.1) is 36.1 Å². The maximum atomic E-state index is 14.2. The number of hydrogen-bond acceptors (Lipinski definition) is 6. The molecule has 0 bridgehead atoms. The number of aryl methyl sites for hydroxylation is 2. The minimum Gasteiger partial charge on any atom is -0.395 e. The molecule has 3 atom stereocenters. The number of benzene rings is 4. The van der Waals surface area contributed by atoms with Crippen LogP contribution in [0.1, 0.15) is 53.6 Å². The van der Waals surface area contributed by atoms with Crippen LogP contribution in [0, 0.1) is 5.92 Å². The molecule has 0 spiro atoms. The topological polar surface area (TPSA) is 112 Å². The lowest BCUT2D eigenvalue weighted by Crippen LogP contribution is -2.44. The minimum absolute atomic E-state index is 0.0267. The zero-order chi connectivity index (χ0) is 34.8. The number of anilines is 3. The van der Waals surface area contributed by atoms with Crippen molar-refractivity contribution in [1.82, 2.24) is 15.0 Å². The lowest BCUT2D eigenvalue weighted by molar-refractivity contribution is -0.139. The lowest BCUT2D eigenvalue weighted by atomic mass is 9.83. The van der Waals surface area contributed by atoms with E-state index >= 15 is 0 Å². The molecular formula is C40H38ClN5O4. The highest BCUT2D eigenvalue weighted by Gasteiger charge is 2.52. The zero-order valence-electron chi connectivity index (χ0n) is 27.7. The second kappa shape index (κ2) is 14.0. The van der Waals surface area contributed by atoms with E-state index in [2.05, 4.69) is 10.3 Å². The van der Waals surface area contributed by atoms with Crippen LogP contribution in [0.25, 0.3) is 0 Å². The Bertz CT molecular complexity index is 2060. The maximum absolute atomic E-state index is 14.2. The van der Waals surface area contributed by atoms with Crippen LogP contribution in [0.4, 0.5) is 17.1 Å². The van der Waals surface area contributed by atoms with Crippen molar-refractivity contribution in [2.75, 3.05) is 16.4 Å². The summed E-state index contributed by atoms with van der Waals surface area (Å²) in [5.74, 6) is -1.24. The second-order valence-corrected chi connectivity index (χ2v) is 13.3.